The number of para-hydroxylation sites is 2. The smallest absolute Gasteiger partial charge is 0.399 e. The van der Waals surface area contributed by atoms with Crippen molar-refractivity contribution in [1.29, 1.82) is 0 Å². The van der Waals surface area contributed by atoms with Crippen LogP contribution < -0.4 is 5.46 Å². The van der Waals surface area contributed by atoms with Gasteiger partial charge in [-0.15, -0.1) is 0 Å². The number of hydrogen-bond donors (Lipinski definition) is 0. The van der Waals surface area contributed by atoms with E-state index < -0.39 is 0 Å². The molecule has 14 rings (SSSR count). The quantitative estimate of drug-likeness (QED) is 0.123. The predicted molar refractivity (Wildman–Crippen MR) is 319 cm³/mol. The minimum absolute atomic E-state index is 0.202. The minimum atomic E-state index is -0.382. The largest absolute Gasteiger partial charge is 0.494 e. The lowest BCUT2D eigenvalue weighted by Gasteiger charge is -2.32. The first kappa shape index (κ1) is 49.6. The lowest BCUT2D eigenvalue weighted by Crippen LogP contribution is -2.41. The van der Waals surface area contributed by atoms with Gasteiger partial charge in [0, 0.05) is 71.4 Å². The van der Waals surface area contributed by atoms with Gasteiger partial charge in [-0.25, -0.2) is 15.0 Å². The molecular weight excluding hydrogens is 1040 g/mol. The summed E-state index contributed by atoms with van der Waals surface area (Å²) >= 11 is 9.49. The summed E-state index contributed by atoms with van der Waals surface area (Å²) in [5.74, 6) is 1.17. The monoisotopic (exact) mass is 1080 g/mol. The fourth-order valence-electron chi connectivity index (χ4n) is 9.71. The van der Waals surface area contributed by atoms with Crippen LogP contribution in [-0.2, 0) is 9.31 Å². The standard InChI is InChI=1S/C28H25BN2O2.C22H13BrN2.C15H10ClN3/c1-27(2)28(3,4)33-29(32-27)20-15-13-18(14-16-20)25-26-24(22-11-7-8-12-23(22)31-25)21-10-6-5-9-19(21)17-30-26;23-16-11-9-14(10-12-16)21-22-20(18-7-3-4-8-19(18)25-21)17-6-2-1-5-15(17)13-24-22;16-15-18-13(11-7-3-1-4-8-11)17-14(19-15)12-9-5-2-6-10-12/h5-17H,1-4H3;1-13H;1-10H. The molecule has 77 heavy (non-hydrogen) atoms. The van der Waals surface area contributed by atoms with Gasteiger partial charge in [0.1, 0.15) is 0 Å². The summed E-state index contributed by atoms with van der Waals surface area (Å²) in [5.41, 5.74) is 9.83. The van der Waals surface area contributed by atoms with E-state index in [4.69, 9.17) is 40.8 Å². The van der Waals surface area contributed by atoms with E-state index in [1.165, 1.54) is 16.2 Å². The Kier molecular flexibility index (Phi) is 13.3. The first-order valence-corrected chi connectivity index (χ1v) is 26.5. The summed E-state index contributed by atoms with van der Waals surface area (Å²) in [6.07, 6.45) is 3.88. The Morgan fingerprint density at radius 3 is 1.25 bits per heavy atom. The average Bonchev–Trinajstić information content (AvgIpc) is 3.79. The molecule has 6 heterocycles. The highest BCUT2D eigenvalue weighted by Gasteiger charge is 2.51. The van der Waals surface area contributed by atoms with Crippen molar-refractivity contribution < 1.29 is 9.31 Å². The van der Waals surface area contributed by atoms with Crippen molar-refractivity contribution in [3.8, 4) is 45.3 Å². The molecule has 13 aromatic rings. The summed E-state index contributed by atoms with van der Waals surface area (Å²) in [6.45, 7) is 8.29. The molecular formula is C65H48BBrClN7O2. The maximum absolute atomic E-state index is 6.22. The molecule has 0 N–H and O–H groups in total. The van der Waals surface area contributed by atoms with Gasteiger partial charge in [0.25, 0.3) is 0 Å². The van der Waals surface area contributed by atoms with Gasteiger partial charge in [0.05, 0.1) is 44.7 Å². The van der Waals surface area contributed by atoms with E-state index in [1.807, 2.05) is 97.3 Å². The third-order valence-corrected chi connectivity index (χ3v) is 15.1. The Labute approximate surface area is 459 Å². The van der Waals surface area contributed by atoms with Gasteiger partial charge in [-0.3, -0.25) is 9.97 Å². The zero-order valence-electron chi connectivity index (χ0n) is 42.6. The second-order valence-corrected chi connectivity index (χ2v) is 21.0. The second kappa shape index (κ2) is 20.7. The summed E-state index contributed by atoms with van der Waals surface area (Å²) in [6, 6.07) is 69.4. The van der Waals surface area contributed by atoms with Gasteiger partial charge in [0.15, 0.2) is 11.6 Å². The fourth-order valence-corrected chi connectivity index (χ4v) is 10.1. The molecule has 0 saturated carbocycles. The third kappa shape index (κ3) is 9.79. The molecule has 1 aliphatic rings. The molecule has 0 amide bonds. The number of nitrogens with zero attached hydrogens (tertiary/aromatic N) is 7. The molecule has 0 aliphatic carbocycles. The van der Waals surface area contributed by atoms with Crippen LogP contribution in [0.1, 0.15) is 27.7 Å². The van der Waals surface area contributed by atoms with Crippen molar-refractivity contribution in [3.63, 3.8) is 0 Å². The summed E-state index contributed by atoms with van der Waals surface area (Å²) in [5, 5.41) is 9.45. The number of halogens is 2. The van der Waals surface area contributed by atoms with E-state index in [1.54, 1.807) is 0 Å². The Hall–Kier alpha value is -8.32. The van der Waals surface area contributed by atoms with Crippen molar-refractivity contribution in [1.82, 2.24) is 34.9 Å². The molecule has 1 aliphatic heterocycles. The highest BCUT2D eigenvalue weighted by Crippen LogP contribution is 2.39. The summed E-state index contributed by atoms with van der Waals surface area (Å²) < 4.78 is 13.5. The maximum atomic E-state index is 6.22. The van der Waals surface area contributed by atoms with Crippen LogP contribution in [0.5, 0.6) is 0 Å². The van der Waals surface area contributed by atoms with Crippen molar-refractivity contribution in [2.24, 2.45) is 0 Å². The SMILES string of the molecule is Brc1ccc(-c2nc3ccccc3c3c2ncc2ccccc23)cc1.CC1(C)OB(c2ccc(-c3nc4ccccc4c4c3ncc3ccccc34)cc2)OC1(C)C.Clc1nc(-c2ccccc2)nc(-c2ccccc2)n1. The molecule has 1 saturated heterocycles. The second-order valence-electron chi connectivity index (χ2n) is 19.8. The minimum Gasteiger partial charge on any atom is -0.399 e. The fraction of sp³-hybridized carbons (Fsp3) is 0.0923. The molecule has 0 radical (unpaired) electrons. The first-order chi connectivity index (χ1) is 37.5. The van der Waals surface area contributed by atoms with Crippen LogP contribution in [0, 0.1) is 0 Å². The first-order valence-electron chi connectivity index (χ1n) is 25.3. The van der Waals surface area contributed by atoms with Gasteiger partial charge in [-0.1, -0.05) is 198 Å². The van der Waals surface area contributed by atoms with Crippen LogP contribution in [0.15, 0.2) is 223 Å². The highest BCUT2D eigenvalue weighted by molar-refractivity contribution is 9.10. The molecule has 0 unspecified atom stereocenters. The van der Waals surface area contributed by atoms with Crippen molar-refractivity contribution in [2.45, 2.75) is 38.9 Å². The molecule has 0 bridgehead atoms. The number of pyridine rings is 4. The zero-order chi connectivity index (χ0) is 52.7. The number of fused-ring (bicyclic) bond motifs is 10. The van der Waals surface area contributed by atoms with E-state index >= 15 is 0 Å². The van der Waals surface area contributed by atoms with E-state index in [2.05, 4.69) is 180 Å². The average molecular weight is 1090 g/mol. The van der Waals surface area contributed by atoms with Gasteiger partial charge >= 0.3 is 7.12 Å². The molecule has 372 valence electrons. The lowest BCUT2D eigenvalue weighted by atomic mass is 9.78. The number of benzene rings is 8. The molecule has 5 aromatic heterocycles. The summed E-state index contributed by atoms with van der Waals surface area (Å²) in [7, 11) is -0.382. The van der Waals surface area contributed by atoms with Crippen LogP contribution in [0.25, 0.3) is 110 Å². The van der Waals surface area contributed by atoms with Crippen molar-refractivity contribution in [3.05, 3.63) is 228 Å². The van der Waals surface area contributed by atoms with Crippen molar-refractivity contribution in [2.75, 3.05) is 0 Å². The van der Waals surface area contributed by atoms with E-state index in [0.29, 0.717) is 11.6 Å². The lowest BCUT2D eigenvalue weighted by molar-refractivity contribution is 0.00578. The third-order valence-electron chi connectivity index (χ3n) is 14.4. The molecule has 9 nitrogen and oxygen atoms in total. The summed E-state index contributed by atoms with van der Waals surface area (Å²) in [4.78, 5) is 32.4. The normalized spacial score (nSPS) is 13.7. The van der Waals surface area contributed by atoms with E-state index in [0.717, 1.165) is 92.6 Å². The number of aromatic nitrogens is 7. The van der Waals surface area contributed by atoms with Crippen LogP contribution in [0.2, 0.25) is 5.28 Å². The Morgan fingerprint density at radius 1 is 0.403 bits per heavy atom. The van der Waals surface area contributed by atoms with E-state index in [-0.39, 0.29) is 23.6 Å². The van der Waals surface area contributed by atoms with E-state index in [9.17, 15) is 0 Å². The Bertz CT molecular complexity index is 4220. The molecule has 0 atom stereocenters. The highest BCUT2D eigenvalue weighted by atomic mass is 79.9. The van der Waals surface area contributed by atoms with Crippen LogP contribution in [0.4, 0.5) is 0 Å². The van der Waals surface area contributed by atoms with Crippen LogP contribution >= 0.6 is 27.5 Å². The van der Waals surface area contributed by atoms with Gasteiger partial charge in [-0.2, -0.15) is 9.97 Å². The van der Waals surface area contributed by atoms with Crippen LogP contribution in [0.3, 0.4) is 0 Å². The Balaban J connectivity index is 0.000000121. The predicted octanol–water partition coefficient (Wildman–Crippen LogP) is 16.1. The van der Waals surface area contributed by atoms with Gasteiger partial charge in [0.2, 0.25) is 5.28 Å². The Morgan fingerprint density at radius 2 is 0.792 bits per heavy atom. The van der Waals surface area contributed by atoms with Crippen molar-refractivity contribution >= 4 is 105 Å². The molecule has 0 spiro atoms. The van der Waals surface area contributed by atoms with Crippen LogP contribution in [-0.4, -0.2) is 53.2 Å². The van der Waals surface area contributed by atoms with Gasteiger partial charge < -0.3 is 9.31 Å². The molecule has 8 aromatic carbocycles. The molecule has 12 heteroatoms. The molecule has 1 fully saturated rings. The van der Waals surface area contributed by atoms with Gasteiger partial charge in [-0.05, 0) is 79.8 Å². The number of hydrogen-bond acceptors (Lipinski definition) is 9. The number of rotatable bonds is 5. The maximum Gasteiger partial charge on any atom is 0.494 e. The zero-order valence-corrected chi connectivity index (χ0v) is 44.9. The topological polar surface area (TPSA) is 109 Å².